The lowest BCUT2D eigenvalue weighted by atomic mass is 9.75. The number of ether oxygens (including phenoxy) is 1. The Balaban J connectivity index is 2.24. The standard InChI is InChI=1S/C19H21NO4/c1-3-12(2)17-19(10-21,11-22)15-16(23)14(9-20-18(15)24-17)13-7-5-4-6-8-13/h3-9,17,21-22H,10-11H2,1-2H3,(H,20,23). The number of allylic oxidation sites excluding steroid dienone is 1. The molecule has 24 heavy (non-hydrogen) atoms. The third-order valence-corrected chi connectivity index (χ3v) is 4.80. The molecule has 1 aromatic carbocycles. The fraction of sp³-hybridized carbons (Fsp3) is 0.316. The van der Waals surface area contributed by atoms with Crippen LogP contribution >= 0.6 is 0 Å². The molecule has 1 atom stereocenters. The average molecular weight is 327 g/mol. The summed E-state index contributed by atoms with van der Waals surface area (Å²) < 4.78 is 5.89. The first-order valence-electron chi connectivity index (χ1n) is 7.91. The first kappa shape index (κ1) is 16.5. The van der Waals surface area contributed by atoms with E-state index in [0.717, 1.165) is 11.1 Å². The average Bonchev–Trinajstić information content (AvgIpc) is 2.97. The third kappa shape index (κ3) is 2.28. The lowest BCUT2D eigenvalue weighted by Crippen LogP contribution is -2.47. The smallest absolute Gasteiger partial charge is 0.199 e. The van der Waals surface area contributed by atoms with Crippen molar-refractivity contribution in [1.29, 1.82) is 0 Å². The Hall–Kier alpha value is -2.37. The molecule has 1 aromatic heterocycles. The van der Waals surface area contributed by atoms with Crippen LogP contribution in [0.4, 0.5) is 0 Å². The van der Waals surface area contributed by atoms with Gasteiger partial charge in [0.15, 0.2) is 11.3 Å². The van der Waals surface area contributed by atoms with Gasteiger partial charge in [-0.3, -0.25) is 4.79 Å². The molecule has 0 aliphatic carbocycles. The van der Waals surface area contributed by atoms with Crippen molar-refractivity contribution in [2.45, 2.75) is 25.4 Å². The van der Waals surface area contributed by atoms with Gasteiger partial charge in [-0.2, -0.15) is 0 Å². The summed E-state index contributed by atoms with van der Waals surface area (Å²) in [6.07, 6.45) is 2.89. The number of rotatable bonds is 4. The van der Waals surface area contributed by atoms with E-state index in [0.29, 0.717) is 17.0 Å². The van der Waals surface area contributed by atoms with E-state index in [4.69, 9.17) is 4.74 Å². The van der Waals surface area contributed by atoms with Gasteiger partial charge < -0.3 is 19.9 Å². The van der Waals surface area contributed by atoms with Gasteiger partial charge in [-0.15, -0.1) is 0 Å². The highest BCUT2D eigenvalue weighted by atomic mass is 16.5. The lowest BCUT2D eigenvalue weighted by Gasteiger charge is -2.30. The molecule has 0 bridgehead atoms. The number of pyridine rings is 1. The van der Waals surface area contributed by atoms with E-state index < -0.39 is 11.5 Å². The summed E-state index contributed by atoms with van der Waals surface area (Å²) in [4.78, 5) is 16.1. The van der Waals surface area contributed by atoms with E-state index in [1.54, 1.807) is 6.20 Å². The Labute approximate surface area is 140 Å². The Morgan fingerprint density at radius 2 is 1.96 bits per heavy atom. The van der Waals surface area contributed by atoms with Crippen molar-refractivity contribution < 1.29 is 14.9 Å². The maximum absolute atomic E-state index is 13.1. The molecule has 5 nitrogen and oxygen atoms in total. The topological polar surface area (TPSA) is 82.6 Å². The highest BCUT2D eigenvalue weighted by Gasteiger charge is 2.51. The van der Waals surface area contributed by atoms with Crippen LogP contribution < -0.4 is 10.2 Å². The van der Waals surface area contributed by atoms with Crippen LogP contribution in [0.15, 0.2) is 53.0 Å². The summed E-state index contributed by atoms with van der Waals surface area (Å²) in [5.41, 5.74) is 1.03. The van der Waals surface area contributed by atoms with Crippen LogP contribution in [-0.4, -0.2) is 34.5 Å². The predicted molar refractivity (Wildman–Crippen MR) is 92.2 cm³/mol. The van der Waals surface area contributed by atoms with Crippen molar-refractivity contribution in [2.75, 3.05) is 13.2 Å². The molecule has 0 fully saturated rings. The number of aliphatic hydroxyl groups is 2. The van der Waals surface area contributed by atoms with Crippen molar-refractivity contribution >= 4 is 0 Å². The quantitative estimate of drug-likeness (QED) is 0.750. The number of hydrogen-bond acceptors (Lipinski definition) is 4. The molecule has 1 aliphatic rings. The van der Waals surface area contributed by atoms with Crippen LogP contribution in [-0.2, 0) is 5.41 Å². The summed E-state index contributed by atoms with van der Waals surface area (Å²) in [5, 5.41) is 20.1. The SMILES string of the molecule is CC=C(C)C1Oc2[nH]cc(-c3ccccc3)c(=O)c2C1(CO)CO. The monoisotopic (exact) mass is 327 g/mol. The summed E-state index contributed by atoms with van der Waals surface area (Å²) in [6, 6.07) is 9.29. The molecule has 0 spiro atoms. The van der Waals surface area contributed by atoms with Crippen LogP contribution in [0.5, 0.6) is 5.88 Å². The third-order valence-electron chi connectivity index (χ3n) is 4.80. The number of aromatic amines is 1. The van der Waals surface area contributed by atoms with Gasteiger partial charge in [0.1, 0.15) is 6.10 Å². The summed E-state index contributed by atoms with van der Waals surface area (Å²) in [7, 11) is 0. The second-order valence-electron chi connectivity index (χ2n) is 6.10. The Kier molecular flexibility index (Phi) is 4.30. The molecule has 0 saturated carbocycles. The van der Waals surface area contributed by atoms with Crippen LogP contribution in [0.3, 0.4) is 0 Å². The minimum atomic E-state index is -1.16. The molecule has 3 rings (SSSR count). The molecule has 5 heteroatoms. The second kappa shape index (κ2) is 6.26. The maximum Gasteiger partial charge on any atom is 0.199 e. The number of H-pyrrole nitrogens is 1. The molecular formula is C19H21NO4. The molecule has 126 valence electrons. The number of aliphatic hydroxyl groups excluding tert-OH is 2. The molecule has 2 aromatic rings. The number of nitrogens with one attached hydrogen (secondary N) is 1. The number of fused-ring (bicyclic) bond motifs is 1. The van der Waals surface area contributed by atoms with Gasteiger partial charge in [0, 0.05) is 11.8 Å². The second-order valence-corrected chi connectivity index (χ2v) is 6.10. The molecule has 0 saturated heterocycles. The minimum absolute atomic E-state index is 0.232. The molecule has 0 amide bonds. The normalized spacial score (nSPS) is 19.0. The van der Waals surface area contributed by atoms with Gasteiger partial charge in [0.2, 0.25) is 0 Å². The highest BCUT2D eigenvalue weighted by Crippen LogP contribution is 2.43. The number of aromatic nitrogens is 1. The number of hydrogen-bond donors (Lipinski definition) is 3. The summed E-state index contributed by atoms with van der Waals surface area (Å²) in [5.74, 6) is 0.314. The molecular weight excluding hydrogens is 306 g/mol. The van der Waals surface area contributed by atoms with Gasteiger partial charge >= 0.3 is 0 Å². The molecule has 0 radical (unpaired) electrons. The van der Waals surface area contributed by atoms with Crippen molar-refractivity contribution in [3.8, 4) is 17.0 Å². The summed E-state index contributed by atoms with van der Waals surface area (Å²) >= 11 is 0. The molecule has 2 heterocycles. The van der Waals surface area contributed by atoms with Gasteiger partial charge in [0.05, 0.1) is 24.2 Å². The van der Waals surface area contributed by atoms with Gasteiger partial charge in [0.25, 0.3) is 0 Å². The first-order valence-corrected chi connectivity index (χ1v) is 7.91. The Bertz CT molecular complexity index is 819. The van der Waals surface area contributed by atoms with Gasteiger partial charge in [-0.1, -0.05) is 36.4 Å². The summed E-state index contributed by atoms with van der Waals surface area (Å²) in [6.45, 7) is 2.96. The molecule has 1 unspecified atom stereocenters. The van der Waals surface area contributed by atoms with E-state index >= 15 is 0 Å². The zero-order valence-electron chi connectivity index (χ0n) is 13.7. The fourth-order valence-corrected chi connectivity index (χ4v) is 3.31. The fourth-order valence-electron chi connectivity index (χ4n) is 3.31. The van der Waals surface area contributed by atoms with Crippen molar-refractivity contribution in [2.24, 2.45) is 0 Å². The van der Waals surface area contributed by atoms with Crippen LogP contribution in [0.2, 0.25) is 0 Å². The van der Waals surface area contributed by atoms with Crippen LogP contribution in [0.1, 0.15) is 19.4 Å². The van der Waals surface area contributed by atoms with Gasteiger partial charge in [-0.05, 0) is 25.0 Å². The van der Waals surface area contributed by atoms with Gasteiger partial charge in [-0.25, -0.2) is 0 Å². The minimum Gasteiger partial charge on any atom is -0.470 e. The number of benzene rings is 1. The van der Waals surface area contributed by atoms with Crippen molar-refractivity contribution in [3.05, 3.63) is 64.0 Å². The van der Waals surface area contributed by atoms with Crippen molar-refractivity contribution in [3.63, 3.8) is 0 Å². The van der Waals surface area contributed by atoms with Crippen molar-refractivity contribution in [1.82, 2.24) is 4.98 Å². The maximum atomic E-state index is 13.1. The van der Waals surface area contributed by atoms with E-state index in [-0.39, 0.29) is 18.6 Å². The zero-order chi connectivity index (χ0) is 17.3. The zero-order valence-corrected chi connectivity index (χ0v) is 13.7. The highest BCUT2D eigenvalue weighted by molar-refractivity contribution is 5.65. The Morgan fingerprint density at radius 1 is 1.29 bits per heavy atom. The lowest BCUT2D eigenvalue weighted by molar-refractivity contribution is 0.0586. The van der Waals surface area contributed by atoms with E-state index in [2.05, 4.69) is 4.98 Å². The predicted octanol–water partition coefficient (Wildman–Crippen LogP) is 1.99. The Morgan fingerprint density at radius 3 is 2.54 bits per heavy atom. The van der Waals surface area contributed by atoms with E-state index in [1.165, 1.54) is 0 Å². The first-order chi connectivity index (χ1) is 11.6. The van der Waals surface area contributed by atoms with E-state index in [9.17, 15) is 15.0 Å². The van der Waals surface area contributed by atoms with E-state index in [1.807, 2.05) is 50.3 Å². The molecule has 3 N–H and O–H groups in total. The largest absolute Gasteiger partial charge is 0.470 e. The van der Waals surface area contributed by atoms with Crippen LogP contribution in [0, 0.1) is 0 Å². The molecule has 1 aliphatic heterocycles. The van der Waals surface area contributed by atoms with Crippen LogP contribution in [0.25, 0.3) is 11.1 Å².